The molecule has 0 amide bonds. The Balaban J connectivity index is 1.53. The molecule has 0 saturated heterocycles. The molecule has 0 unspecified atom stereocenters. The van der Waals surface area contributed by atoms with Crippen LogP contribution in [-0.4, -0.2) is 41.4 Å². The molecule has 0 bridgehead atoms. The van der Waals surface area contributed by atoms with E-state index in [0.717, 1.165) is 38.2 Å². The number of ether oxygens (including phenoxy) is 1. The van der Waals surface area contributed by atoms with Crippen molar-refractivity contribution in [2.24, 2.45) is 0 Å². The number of aromatic nitrogens is 2. The van der Waals surface area contributed by atoms with Crippen molar-refractivity contribution in [2.75, 3.05) is 12.9 Å². The predicted octanol–water partition coefficient (Wildman–Crippen LogP) is 8.21. The molecule has 0 spiro atoms. The molecule has 3 aromatic carbocycles. The summed E-state index contributed by atoms with van der Waals surface area (Å²) in [4.78, 5) is 14.1. The predicted molar refractivity (Wildman–Crippen MR) is 165 cm³/mol. The van der Waals surface area contributed by atoms with Crippen LogP contribution in [0.5, 0.6) is 5.75 Å². The minimum atomic E-state index is -4.10. The number of halogens is 2. The zero-order valence-corrected chi connectivity index (χ0v) is 25.3. The maximum Gasteiger partial charge on any atom is 0.264 e. The van der Waals surface area contributed by atoms with E-state index in [1.807, 2.05) is 66.2 Å². The van der Waals surface area contributed by atoms with Crippen molar-refractivity contribution in [1.82, 2.24) is 9.78 Å². The third-order valence-electron chi connectivity index (χ3n) is 6.72. The van der Waals surface area contributed by atoms with Crippen molar-refractivity contribution in [3.63, 3.8) is 0 Å². The summed E-state index contributed by atoms with van der Waals surface area (Å²) in [6.07, 6.45) is 0.0891. The lowest BCUT2D eigenvalue weighted by molar-refractivity contribution is 0.0986. The van der Waals surface area contributed by atoms with Gasteiger partial charge in [0.15, 0.2) is 5.78 Å². The van der Waals surface area contributed by atoms with Crippen LogP contribution in [-0.2, 0) is 10.1 Å². The second-order valence-corrected chi connectivity index (χ2v) is 13.2. The van der Waals surface area contributed by atoms with E-state index in [1.165, 1.54) is 11.3 Å². The molecule has 5 aromatic rings. The number of carbonyl (C=O) groups is 1. The number of hydrogen-bond acceptors (Lipinski definition) is 6. The normalized spacial score (nSPS) is 12.5. The van der Waals surface area contributed by atoms with Crippen LogP contribution in [0.1, 0.15) is 40.4 Å². The molecule has 2 aromatic heterocycles. The third-order valence-corrected chi connectivity index (χ3v) is 9.26. The van der Waals surface area contributed by atoms with Crippen molar-refractivity contribution in [3.05, 3.63) is 92.6 Å². The quantitative estimate of drug-likeness (QED) is 0.124. The summed E-state index contributed by atoms with van der Waals surface area (Å²) in [5, 5.41) is 8.06. The lowest BCUT2D eigenvalue weighted by atomic mass is 10.0. The van der Waals surface area contributed by atoms with E-state index in [-0.39, 0.29) is 24.7 Å². The van der Waals surface area contributed by atoms with Gasteiger partial charge in [-0.3, -0.25) is 14.0 Å². The van der Waals surface area contributed by atoms with Crippen molar-refractivity contribution in [3.8, 4) is 28.3 Å². The number of Topliss-reactive ketones (excluding diaryl/α,β-unsaturated/α-hetero) is 1. The van der Waals surface area contributed by atoms with E-state index in [1.54, 1.807) is 19.2 Å². The topological polar surface area (TPSA) is 98.5 Å². The fourth-order valence-electron chi connectivity index (χ4n) is 4.64. The van der Waals surface area contributed by atoms with Crippen LogP contribution in [0.25, 0.3) is 33.3 Å². The van der Waals surface area contributed by atoms with E-state index in [9.17, 15) is 13.2 Å². The minimum Gasteiger partial charge on any atom is -0.497 e. The summed E-state index contributed by atoms with van der Waals surface area (Å²) >= 11 is 13.9. The lowest BCUT2D eigenvalue weighted by Gasteiger charge is -2.15. The molecule has 11 heteroatoms. The molecular formula is C30H26Cl2N2O5S2. The Morgan fingerprint density at radius 1 is 0.976 bits per heavy atom. The van der Waals surface area contributed by atoms with Gasteiger partial charge in [-0.25, -0.2) is 0 Å². The largest absolute Gasteiger partial charge is 0.497 e. The van der Waals surface area contributed by atoms with Crippen LogP contribution in [0.2, 0.25) is 10.0 Å². The summed E-state index contributed by atoms with van der Waals surface area (Å²) in [6.45, 7) is 2.01. The monoisotopic (exact) mass is 628 g/mol. The average Bonchev–Trinajstić information content (AvgIpc) is 3.59. The number of hydrogen-bond donors (Lipinski definition) is 1. The summed E-state index contributed by atoms with van der Waals surface area (Å²) in [5.74, 6) is 0.167. The van der Waals surface area contributed by atoms with Crippen LogP contribution < -0.4 is 4.74 Å². The Morgan fingerprint density at radius 2 is 1.68 bits per heavy atom. The highest BCUT2D eigenvalue weighted by Gasteiger charge is 2.21. The third kappa shape index (κ3) is 6.82. The molecule has 0 radical (unpaired) electrons. The zero-order chi connectivity index (χ0) is 29.3. The number of fused-ring (bicyclic) bond motifs is 1. The highest BCUT2D eigenvalue weighted by molar-refractivity contribution is 7.85. The molecular weight excluding hydrogens is 603 g/mol. The Kier molecular flexibility index (Phi) is 8.54. The molecule has 212 valence electrons. The number of thiophene rings is 1. The van der Waals surface area contributed by atoms with Crippen LogP contribution in [0, 0.1) is 0 Å². The fourth-order valence-corrected chi connectivity index (χ4v) is 6.69. The Morgan fingerprint density at radius 3 is 2.39 bits per heavy atom. The standard InChI is InChI=1S/C30H26Cl2N2O5S2/c1-18(29-9-10-30(40-29)28(35)4-3-11-41(36,37)38)34-27(17-26(33-34)22-13-23(31)16-24(32)14-22)21-6-5-20-15-25(39-2)8-7-19(20)12-21/h5-10,12-18H,3-4,11H2,1-2H3,(H,36,37,38)/t18-/m0/s1. The van der Waals surface area contributed by atoms with E-state index in [0.29, 0.717) is 20.6 Å². The van der Waals surface area contributed by atoms with Crippen molar-refractivity contribution < 1.29 is 22.5 Å². The first kappa shape index (κ1) is 29.3. The summed E-state index contributed by atoms with van der Waals surface area (Å²) in [5.41, 5.74) is 3.31. The van der Waals surface area contributed by atoms with Gasteiger partial charge in [-0.05, 0) is 78.7 Å². The summed E-state index contributed by atoms with van der Waals surface area (Å²) in [6, 6.07) is 22.8. The van der Waals surface area contributed by atoms with Crippen LogP contribution in [0.15, 0.2) is 72.8 Å². The highest BCUT2D eigenvalue weighted by Crippen LogP contribution is 2.36. The second kappa shape index (κ2) is 12.0. The summed E-state index contributed by atoms with van der Waals surface area (Å²) in [7, 11) is -2.46. The smallest absolute Gasteiger partial charge is 0.264 e. The molecule has 0 aliphatic rings. The molecule has 0 saturated carbocycles. The second-order valence-electron chi connectivity index (χ2n) is 9.64. The number of ketones is 1. The first-order valence-corrected chi connectivity index (χ1v) is 15.9. The van der Waals surface area contributed by atoms with Crippen molar-refractivity contribution in [1.29, 1.82) is 0 Å². The van der Waals surface area contributed by atoms with Gasteiger partial charge < -0.3 is 4.74 Å². The van der Waals surface area contributed by atoms with Gasteiger partial charge in [-0.15, -0.1) is 11.3 Å². The van der Waals surface area contributed by atoms with Crippen molar-refractivity contribution in [2.45, 2.75) is 25.8 Å². The molecule has 0 fully saturated rings. The average molecular weight is 630 g/mol. The van der Waals surface area contributed by atoms with Crippen LogP contribution >= 0.6 is 34.5 Å². The van der Waals surface area contributed by atoms with E-state index < -0.39 is 15.9 Å². The van der Waals surface area contributed by atoms with Gasteiger partial charge in [-0.2, -0.15) is 13.5 Å². The maximum absolute atomic E-state index is 12.7. The number of carbonyl (C=O) groups excluding carboxylic acids is 1. The molecule has 0 aliphatic carbocycles. The molecule has 2 heterocycles. The van der Waals surface area contributed by atoms with Gasteiger partial charge in [0.2, 0.25) is 0 Å². The van der Waals surface area contributed by atoms with E-state index in [4.69, 9.17) is 37.6 Å². The Bertz CT molecular complexity index is 1840. The lowest BCUT2D eigenvalue weighted by Crippen LogP contribution is -2.09. The van der Waals surface area contributed by atoms with Gasteiger partial charge in [0.25, 0.3) is 10.1 Å². The molecule has 41 heavy (non-hydrogen) atoms. The Hall–Kier alpha value is -3.21. The van der Waals surface area contributed by atoms with Crippen LogP contribution in [0.4, 0.5) is 0 Å². The highest BCUT2D eigenvalue weighted by atomic mass is 35.5. The van der Waals surface area contributed by atoms with E-state index >= 15 is 0 Å². The molecule has 1 atom stereocenters. The van der Waals surface area contributed by atoms with Gasteiger partial charge in [0.05, 0.1) is 35.2 Å². The van der Waals surface area contributed by atoms with Crippen molar-refractivity contribution >= 4 is 61.2 Å². The van der Waals surface area contributed by atoms with Gasteiger partial charge in [0.1, 0.15) is 5.75 Å². The van der Waals surface area contributed by atoms with Crippen LogP contribution in [0.3, 0.4) is 0 Å². The number of benzene rings is 3. The molecule has 5 rings (SSSR count). The number of rotatable bonds is 10. The number of nitrogens with zero attached hydrogens (tertiary/aromatic N) is 2. The van der Waals surface area contributed by atoms with Gasteiger partial charge in [0, 0.05) is 32.5 Å². The molecule has 1 N–H and O–H groups in total. The van der Waals surface area contributed by atoms with E-state index in [2.05, 4.69) is 6.07 Å². The first-order valence-electron chi connectivity index (χ1n) is 12.7. The fraction of sp³-hybridized carbons (Fsp3) is 0.200. The first-order chi connectivity index (χ1) is 19.5. The Labute approximate surface area is 252 Å². The number of methoxy groups -OCH3 is 1. The molecule has 7 nitrogen and oxygen atoms in total. The SMILES string of the molecule is COc1ccc2cc(-c3cc(-c4cc(Cl)cc(Cl)c4)nn3[C@@H](C)c3ccc(C(=O)CCCS(=O)(=O)O)s3)ccc2c1. The zero-order valence-electron chi connectivity index (χ0n) is 22.2. The van der Waals surface area contributed by atoms with Gasteiger partial charge >= 0.3 is 0 Å². The molecule has 0 aliphatic heterocycles. The van der Waals surface area contributed by atoms with Gasteiger partial charge in [-0.1, -0.05) is 41.4 Å². The maximum atomic E-state index is 12.7. The minimum absolute atomic E-state index is 0.0304. The summed E-state index contributed by atoms with van der Waals surface area (Å²) < 4.78 is 38.3.